The van der Waals surface area contributed by atoms with Crippen molar-refractivity contribution in [2.45, 2.75) is 18.9 Å². The first-order chi connectivity index (χ1) is 8.44. The standard InChI is InChI=1S/C11H16N4O3/c1-7-13-8(5-9(14-7)18-2)15-4-3-11(12,6-15)10(16)17/h5H,3-4,6,12H2,1-2H3,(H,16,17). The van der Waals surface area contributed by atoms with Crippen molar-refractivity contribution in [2.24, 2.45) is 5.73 Å². The molecule has 1 unspecified atom stereocenters. The Kier molecular flexibility index (Phi) is 3.08. The molecule has 2 heterocycles. The Morgan fingerprint density at radius 1 is 1.61 bits per heavy atom. The van der Waals surface area contributed by atoms with Crippen LogP contribution in [0, 0.1) is 6.92 Å². The van der Waals surface area contributed by atoms with Gasteiger partial charge in [-0.15, -0.1) is 0 Å². The largest absolute Gasteiger partial charge is 0.481 e. The van der Waals surface area contributed by atoms with Crippen LogP contribution in [0.4, 0.5) is 5.82 Å². The Morgan fingerprint density at radius 2 is 2.33 bits per heavy atom. The maximum Gasteiger partial charge on any atom is 0.325 e. The lowest BCUT2D eigenvalue weighted by atomic mass is 10.0. The third-order valence-electron chi connectivity index (χ3n) is 3.06. The number of hydrogen-bond donors (Lipinski definition) is 2. The molecule has 1 saturated heterocycles. The molecule has 18 heavy (non-hydrogen) atoms. The highest BCUT2D eigenvalue weighted by atomic mass is 16.5. The number of nitrogens with zero attached hydrogens (tertiary/aromatic N) is 3. The predicted octanol–water partition coefficient (Wildman–Crippen LogP) is -0.214. The molecule has 1 aromatic rings. The van der Waals surface area contributed by atoms with Crippen LogP contribution in [0.3, 0.4) is 0 Å². The van der Waals surface area contributed by atoms with E-state index in [9.17, 15) is 4.79 Å². The summed E-state index contributed by atoms with van der Waals surface area (Å²) in [6.45, 7) is 2.55. The minimum atomic E-state index is -1.20. The van der Waals surface area contributed by atoms with E-state index < -0.39 is 11.5 Å². The van der Waals surface area contributed by atoms with Crippen molar-refractivity contribution in [3.05, 3.63) is 11.9 Å². The third-order valence-corrected chi connectivity index (χ3v) is 3.06. The van der Waals surface area contributed by atoms with Crippen LogP contribution in [0.2, 0.25) is 0 Å². The van der Waals surface area contributed by atoms with Crippen molar-refractivity contribution in [3.8, 4) is 5.88 Å². The Balaban J connectivity index is 2.24. The number of carboxylic acid groups (broad SMARTS) is 1. The van der Waals surface area contributed by atoms with E-state index in [1.54, 1.807) is 13.0 Å². The molecule has 0 bridgehead atoms. The van der Waals surface area contributed by atoms with E-state index in [0.29, 0.717) is 30.5 Å². The zero-order valence-corrected chi connectivity index (χ0v) is 10.4. The molecular formula is C11H16N4O3. The fourth-order valence-corrected chi connectivity index (χ4v) is 2.00. The number of aliphatic carboxylic acids is 1. The number of rotatable bonds is 3. The molecule has 0 aliphatic carbocycles. The monoisotopic (exact) mass is 252 g/mol. The van der Waals surface area contributed by atoms with Gasteiger partial charge in [0.1, 0.15) is 17.2 Å². The van der Waals surface area contributed by atoms with Crippen molar-refractivity contribution < 1.29 is 14.6 Å². The van der Waals surface area contributed by atoms with Crippen LogP contribution in [0.5, 0.6) is 5.88 Å². The zero-order chi connectivity index (χ0) is 13.3. The number of aryl methyl sites for hydroxylation is 1. The van der Waals surface area contributed by atoms with Crippen molar-refractivity contribution in [3.63, 3.8) is 0 Å². The van der Waals surface area contributed by atoms with Gasteiger partial charge in [0.05, 0.1) is 7.11 Å². The first-order valence-corrected chi connectivity index (χ1v) is 5.61. The summed E-state index contributed by atoms with van der Waals surface area (Å²) in [5.74, 6) is 0.701. The normalized spacial score (nSPS) is 23.2. The van der Waals surface area contributed by atoms with Crippen molar-refractivity contribution >= 4 is 11.8 Å². The quantitative estimate of drug-likeness (QED) is 0.767. The summed E-state index contributed by atoms with van der Waals surface area (Å²) < 4.78 is 5.07. The van der Waals surface area contributed by atoms with Gasteiger partial charge in [0.15, 0.2) is 0 Å². The van der Waals surface area contributed by atoms with Gasteiger partial charge in [0.2, 0.25) is 5.88 Å². The van der Waals surface area contributed by atoms with Crippen LogP contribution in [0.1, 0.15) is 12.2 Å². The predicted molar refractivity (Wildman–Crippen MR) is 64.7 cm³/mol. The topological polar surface area (TPSA) is 102 Å². The number of carbonyl (C=O) groups is 1. The molecule has 2 rings (SSSR count). The number of carboxylic acids is 1. The molecule has 0 aromatic carbocycles. The van der Waals surface area contributed by atoms with E-state index >= 15 is 0 Å². The van der Waals surface area contributed by atoms with Gasteiger partial charge in [-0.2, -0.15) is 4.98 Å². The number of anilines is 1. The molecule has 3 N–H and O–H groups in total. The highest BCUT2D eigenvalue weighted by Gasteiger charge is 2.41. The number of nitrogens with two attached hydrogens (primary N) is 1. The molecule has 7 heteroatoms. The molecule has 1 fully saturated rings. The summed E-state index contributed by atoms with van der Waals surface area (Å²) >= 11 is 0. The first-order valence-electron chi connectivity index (χ1n) is 5.61. The summed E-state index contributed by atoms with van der Waals surface area (Å²) in [5, 5.41) is 9.08. The van der Waals surface area contributed by atoms with Crippen LogP contribution in [-0.4, -0.2) is 46.8 Å². The van der Waals surface area contributed by atoms with Crippen molar-refractivity contribution in [1.29, 1.82) is 0 Å². The summed E-state index contributed by atoms with van der Waals surface area (Å²) in [4.78, 5) is 21.3. The molecule has 1 aliphatic rings. The van der Waals surface area contributed by atoms with E-state index in [4.69, 9.17) is 15.6 Å². The maximum absolute atomic E-state index is 11.1. The SMILES string of the molecule is COc1cc(N2CCC(N)(C(=O)O)C2)nc(C)n1. The van der Waals surface area contributed by atoms with Crippen molar-refractivity contribution in [1.82, 2.24) is 9.97 Å². The molecule has 0 spiro atoms. The Morgan fingerprint density at radius 3 is 2.89 bits per heavy atom. The van der Waals surface area contributed by atoms with E-state index in [0.717, 1.165) is 0 Å². The first kappa shape index (κ1) is 12.6. The van der Waals surface area contributed by atoms with Crippen LogP contribution in [0.15, 0.2) is 6.07 Å². The number of hydrogen-bond acceptors (Lipinski definition) is 6. The zero-order valence-electron chi connectivity index (χ0n) is 10.4. The van der Waals surface area contributed by atoms with E-state index in [-0.39, 0.29) is 6.54 Å². The van der Waals surface area contributed by atoms with Gasteiger partial charge in [0.25, 0.3) is 0 Å². The van der Waals surface area contributed by atoms with Crippen LogP contribution in [0.25, 0.3) is 0 Å². The van der Waals surface area contributed by atoms with Gasteiger partial charge < -0.3 is 20.5 Å². The molecule has 1 atom stereocenters. The fourth-order valence-electron chi connectivity index (χ4n) is 2.00. The number of methoxy groups -OCH3 is 1. The highest BCUT2D eigenvalue weighted by Crippen LogP contribution is 2.26. The lowest BCUT2D eigenvalue weighted by molar-refractivity contribution is -0.142. The molecule has 1 aliphatic heterocycles. The lowest BCUT2D eigenvalue weighted by Gasteiger charge is -2.21. The third kappa shape index (κ3) is 2.21. The van der Waals surface area contributed by atoms with Gasteiger partial charge in [0, 0.05) is 19.2 Å². The summed E-state index contributed by atoms with van der Waals surface area (Å²) in [6, 6.07) is 1.68. The summed E-state index contributed by atoms with van der Waals surface area (Å²) in [7, 11) is 1.53. The molecule has 1 aromatic heterocycles. The molecule has 0 saturated carbocycles. The Labute approximate surface area is 105 Å². The Bertz CT molecular complexity index is 479. The summed E-state index contributed by atoms with van der Waals surface area (Å²) in [5.41, 5.74) is 4.62. The number of aromatic nitrogens is 2. The van der Waals surface area contributed by atoms with Gasteiger partial charge in [-0.3, -0.25) is 4.79 Å². The Hall–Kier alpha value is -1.89. The minimum absolute atomic E-state index is 0.238. The average molecular weight is 252 g/mol. The fraction of sp³-hybridized carbons (Fsp3) is 0.545. The molecule has 98 valence electrons. The lowest BCUT2D eigenvalue weighted by Crippen LogP contribution is -2.50. The molecule has 0 radical (unpaired) electrons. The van der Waals surface area contributed by atoms with Crippen LogP contribution < -0.4 is 15.4 Å². The molecule has 7 nitrogen and oxygen atoms in total. The molecular weight excluding hydrogens is 236 g/mol. The minimum Gasteiger partial charge on any atom is -0.481 e. The van der Waals surface area contributed by atoms with Gasteiger partial charge in [-0.1, -0.05) is 0 Å². The van der Waals surface area contributed by atoms with Crippen LogP contribution in [-0.2, 0) is 4.79 Å². The van der Waals surface area contributed by atoms with Crippen LogP contribution >= 0.6 is 0 Å². The summed E-state index contributed by atoms with van der Waals surface area (Å²) in [6.07, 6.45) is 0.397. The number of ether oxygens (including phenoxy) is 1. The highest BCUT2D eigenvalue weighted by molar-refractivity contribution is 5.80. The van der Waals surface area contributed by atoms with E-state index in [1.165, 1.54) is 7.11 Å². The van der Waals surface area contributed by atoms with Gasteiger partial charge in [-0.25, -0.2) is 4.98 Å². The second kappa shape index (κ2) is 4.41. The van der Waals surface area contributed by atoms with Crippen molar-refractivity contribution in [2.75, 3.05) is 25.1 Å². The van der Waals surface area contributed by atoms with E-state index in [1.807, 2.05) is 4.90 Å². The second-order valence-electron chi connectivity index (χ2n) is 4.45. The molecule has 0 amide bonds. The smallest absolute Gasteiger partial charge is 0.325 e. The van der Waals surface area contributed by atoms with E-state index in [2.05, 4.69) is 9.97 Å². The van der Waals surface area contributed by atoms with Gasteiger partial charge >= 0.3 is 5.97 Å². The van der Waals surface area contributed by atoms with Gasteiger partial charge in [-0.05, 0) is 13.3 Å². The second-order valence-corrected chi connectivity index (χ2v) is 4.45. The maximum atomic E-state index is 11.1. The average Bonchev–Trinajstić information content (AvgIpc) is 2.72.